The predicted molar refractivity (Wildman–Crippen MR) is 95.5 cm³/mol. The molecule has 0 atom stereocenters. The fourth-order valence-electron chi connectivity index (χ4n) is 3.25. The number of hydrogen-bond donors (Lipinski definition) is 2. The van der Waals surface area contributed by atoms with E-state index in [9.17, 15) is 4.79 Å². The molecule has 1 amide bonds. The van der Waals surface area contributed by atoms with E-state index >= 15 is 0 Å². The van der Waals surface area contributed by atoms with Gasteiger partial charge in [-0.15, -0.1) is 10.2 Å². The second-order valence-electron chi connectivity index (χ2n) is 6.64. The monoisotopic (exact) mass is 352 g/mol. The van der Waals surface area contributed by atoms with Crippen molar-refractivity contribution in [1.82, 2.24) is 19.7 Å². The maximum atomic E-state index is 11.4. The third kappa shape index (κ3) is 2.88. The summed E-state index contributed by atoms with van der Waals surface area (Å²) in [5, 5.41) is 9.39. The van der Waals surface area contributed by atoms with Gasteiger partial charge in [-0.3, -0.25) is 4.79 Å². The molecule has 134 valence electrons. The highest BCUT2D eigenvalue weighted by Crippen LogP contribution is 2.34. The number of benzene rings is 1. The maximum absolute atomic E-state index is 11.4. The number of primary amides is 1. The molecule has 3 aromatic rings. The van der Waals surface area contributed by atoms with Crippen LogP contribution in [-0.4, -0.2) is 31.7 Å². The van der Waals surface area contributed by atoms with Crippen molar-refractivity contribution in [3.8, 4) is 5.75 Å². The number of nitrogens with two attached hydrogens (primary N) is 2. The molecule has 1 saturated carbocycles. The van der Waals surface area contributed by atoms with E-state index in [2.05, 4.69) is 15.2 Å². The van der Waals surface area contributed by atoms with Gasteiger partial charge in [0.25, 0.3) is 5.91 Å². The summed E-state index contributed by atoms with van der Waals surface area (Å²) in [5.41, 5.74) is 12.0. The number of aromatic nitrogens is 4. The number of hydrogen-bond acceptors (Lipinski definition) is 6. The molecule has 8 nitrogen and oxygen atoms in total. The number of pyridine rings is 1. The van der Waals surface area contributed by atoms with E-state index in [0.29, 0.717) is 17.2 Å². The summed E-state index contributed by atoms with van der Waals surface area (Å²) in [5.74, 6) is 2.04. The summed E-state index contributed by atoms with van der Waals surface area (Å²) in [6.07, 6.45) is 1.88. The Morgan fingerprint density at radius 1 is 1.27 bits per heavy atom. The molecule has 4 rings (SSSR count). The van der Waals surface area contributed by atoms with Gasteiger partial charge in [-0.25, -0.2) is 4.98 Å². The van der Waals surface area contributed by atoms with Crippen molar-refractivity contribution in [2.24, 2.45) is 18.5 Å². The van der Waals surface area contributed by atoms with E-state index in [1.807, 2.05) is 29.8 Å². The lowest BCUT2D eigenvalue weighted by Crippen LogP contribution is -2.36. The number of fused-ring (bicyclic) bond motifs is 1. The van der Waals surface area contributed by atoms with Crippen molar-refractivity contribution >= 4 is 16.8 Å². The molecule has 0 bridgehead atoms. The van der Waals surface area contributed by atoms with E-state index in [0.717, 1.165) is 29.9 Å². The van der Waals surface area contributed by atoms with Crippen molar-refractivity contribution < 1.29 is 9.53 Å². The zero-order valence-corrected chi connectivity index (χ0v) is 14.4. The first-order valence-electron chi connectivity index (χ1n) is 8.49. The van der Waals surface area contributed by atoms with E-state index in [1.165, 1.54) is 0 Å². The topological polar surface area (TPSA) is 122 Å². The van der Waals surface area contributed by atoms with Crippen LogP contribution in [0.2, 0.25) is 0 Å². The SMILES string of the molecule is Cn1c(COc2cccc3ccc(C(N)=O)nc23)nnc1C1CC(N)C1. The lowest BCUT2D eigenvalue weighted by molar-refractivity contribution is 0.0996. The van der Waals surface area contributed by atoms with Crippen LogP contribution in [0, 0.1) is 0 Å². The standard InChI is InChI=1S/C18H20N6O2/c1-24-15(22-23-18(24)11-7-12(19)8-11)9-26-14-4-2-3-10-5-6-13(17(20)25)21-16(10)14/h2-6,11-12H,7-9,19H2,1H3,(H2,20,25). The summed E-state index contributed by atoms with van der Waals surface area (Å²) in [7, 11) is 1.93. The quantitative estimate of drug-likeness (QED) is 0.712. The minimum atomic E-state index is -0.571. The fraction of sp³-hybridized carbons (Fsp3) is 0.333. The molecule has 8 heteroatoms. The van der Waals surface area contributed by atoms with Gasteiger partial charge in [-0.05, 0) is 25.0 Å². The third-order valence-electron chi connectivity index (χ3n) is 4.83. The zero-order valence-electron chi connectivity index (χ0n) is 14.4. The van der Waals surface area contributed by atoms with Crippen LogP contribution in [0.1, 0.15) is 40.9 Å². The highest BCUT2D eigenvalue weighted by atomic mass is 16.5. The van der Waals surface area contributed by atoms with Gasteiger partial charge in [0.2, 0.25) is 0 Å². The molecular formula is C18H20N6O2. The van der Waals surface area contributed by atoms with Crippen LogP contribution in [0.4, 0.5) is 0 Å². The van der Waals surface area contributed by atoms with Crippen molar-refractivity contribution in [3.05, 3.63) is 47.7 Å². The van der Waals surface area contributed by atoms with E-state index < -0.39 is 5.91 Å². The van der Waals surface area contributed by atoms with Crippen LogP contribution in [0.5, 0.6) is 5.75 Å². The Balaban J connectivity index is 1.56. The van der Waals surface area contributed by atoms with Crippen LogP contribution in [0.15, 0.2) is 30.3 Å². The number of nitrogens with zero attached hydrogens (tertiary/aromatic N) is 4. The Bertz CT molecular complexity index is 977. The summed E-state index contributed by atoms with van der Waals surface area (Å²) < 4.78 is 7.89. The van der Waals surface area contributed by atoms with E-state index in [4.69, 9.17) is 16.2 Å². The average Bonchev–Trinajstić information content (AvgIpc) is 2.97. The molecule has 0 aliphatic heterocycles. The molecule has 26 heavy (non-hydrogen) atoms. The number of para-hydroxylation sites is 1. The molecule has 0 radical (unpaired) electrons. The minimum Gasteiger partial charge on any atom is -0.483 e. The Hall–Kier alpha value is -3.00. The Morgan fingerprint density at radius 2 is 2.08 bits per heavy atom. The van der Waals surface area contributed by atoms with Gasteiger partial charge < -0.3 is 20.8 Å². The summed E-state index contributed by atoms with van der Waals surface area (Å²) in [4.78, 5) is 15.7. The van der Waals surface area contributed by atoms with Crippen LogP contribution in [0.25, 0.3) is 10.9 Å². The lowest BCUT2D eigenvalue weighted by atomic mass is 9.80. The van der Waals surface area contributed by atoms with Gasteiger partial charge in [0.1, 0.15) is 29.4 Å². The Labute approximate surface area is 150 Å². The van der Waals surface area contributed by atoms with Crippen molar-refractivity contribution in [1.29, 1.82) is 0 Å². The van der Waals surface area contributed by atoms with Crippen molar-refractivity contribution in [2.75, 3.05) is 0 Å². The van der Waals surface area contributed by atoms with Gasteiger partial charge in [0.15, 0.2) is 5.82 Å². The van der Waals surface area contributed by atoms with Crippen LogP contribution >= 0.6 is 0 Å². The first kappa shape index (κ1) is 16.5. The maximum Gasteiger partial charge on any atom is 0.267 e. The minimum absolute atomic E-state index is 0.204. The largest absolute Gasteiger partial charge is 0.483 e. The van der Waals surface area contributed by atoms with Crippen molar-refractivity contribution in [2.45, 2.75) is 31.4 Å². The zero-order chi connectivity index (χ0) is 18.3. The first-order valence-corrected chi connectivity index (χ1v) is 8.49. The number of rotatable bonds is 5. The molecule has 0 unspecified atom stereocenters. The van der Waals surface area contributed by atoms with Crippen LogP contribution in [-0.2, 0) is 13.7 Å². The summed E-state index contributed by atoms with van der Waals surface area (Å²) >= 11 is 0. The van der Waals surface area contributed by atoms with Gasteiger partial charge in [-0.1, -0.05) is 18.2 Å². The molecular weight excluding hydrogens is 332 g/mol. The molecule has 1 aliphatic carbocycles. The Morgan fingerprint density at radius 3 is 2.81 bits per heavy atom. The number of amides is 1. The molecule has 1 aliphatic rings. The average molecular weight is 352 g/mol. The highest BCUT2D eigenvalue weighted by molar-refractivity contribution is 5.94. The van der Waals surface area contributed by atoms with Gasteiger partial charge in [0, 0.05) is 24.4 Å². The number of carbonyl (C=O) groups excluding carboxylic acids is 1. The van der Waals surface area contributed by atoms with Crippen LogP contribution in [0.3, 0.4) is 0 Å². The van der Waals surface area contributed by atoms with Gasteiger partial charge >= 0.3 is 0 Å². The highest BCUT2D eigenvalue weighted by Gasteiger charge is 2.31. The van der Waals surface area contributed by atoms with Gasteiger partial charge in [0.05, 0.1) is 0 Å². The summed E-state index contributed by atoms with van der Waals surface area (Å²) in [6.45, 7) is 0.254. The second kappa shape index (κ2) is 6.38. The van der Waals surface area contributed by atoms with E-state index in [1.54, 1.807) is 12.1 Å². The summed E-state index contributed by atoms with van der Waals surface area (Å²) in [6, 6.07) is 9.25. The molecule has 2 heterocycles. The molecule has 2 aromatic heterocycles. The number of carbonyl (C=O) groups is 1. The predicted octanol–water partition coefficient (Wildman–Crippen LogP) is 1.25. The third-order valence-corrected chi connectivity index (χ3v) is 4.83. The first-order chi connectivity index (χ1) is 12.5. The molecule has 0 saturated heterocycles. The fourth-order valence-corrected chi connectivity index (χ4v) is 3.25. The van der Waals surface area contributed by atoms with E-state index in [-0.39, 0.29) is 18.3 Å². The second-order valence-corrected chi connectivity index (χ2v) is 6.64. The van der Waals surface area contributed by atoms with Crippen LogP contribution < -0.4 is 16.2 Å². The smallest absolute Gasteiger partial charge is 0.267 e. The molecule has 4 N–H and O–H groups in total. The normalized spacial score (nSPS) is 19.3. The Kier molecular flexibility index (Phi) is 4.04. The number of ether oxygens (including phenoxy) is 1. The van der Waals surface area contributed by atoms with Crippen molar-refractivity contribution in [3.63, 3.8) is 0 Å². The van der Waals surface area contributed by atoms with Gasteiger partial charge in [-0.2, -0.15) is 0 Å². The lowest BCUT2D eigenvalue weighted by Gasteiger charge is -2.31. The molecule has 0 spiro atoms. The molecule has 1 fully saturated rings. The molecule has 1 aromatic carbocycles.